The second-order valence-electron chi connectivity index (χ2n) is 3.93. The zero-order valence-corrected chi connectivity index (χ0v) is 7.13. The predicted octanol–water partition coefficient (Wildman–Crippen LogP) is 1.80. The molecule has 2 unspecified atom stereocenters. The lowest BCUT2D eigenvalue weighted by Gasteiger charge is -2.32. The lowest BCUT2D eigenvalue weighted by Crippen LogP contribution is -2.29. The number of hydrogen-bond acceptors (Lipinski definition) is 2. The number of hydrogen-bond donors (Lipinski definition) is 1. The minimum absolute atomic E-state index is 0.114. The molecule has 0 spiro atoms. The van der Waals surface area contributed by atoms with Gasteiger partial charge in [0, 0.05) is 11.0 Å². The Morgan fingerprint density at radius 1 is 1.46 bits per heavy atom. The summed E-state index contributed by atoms with van der Waals surface area (Å²) in [6.45, 7) is 0. The Hall–Kier alpha value is -1.22. The van der Waals surface area contributed by atoms with E-state index in [-0.39, 0.29) is 12.0 Å². The summed E-state index contributed by atoms with van der Waals surface area (Å²) in [5.41, 5.74) is 8.15. The SMILES string of the molecule is [N-]=[N+]=NC1CC(C2CC2C(=O)O)C1. The minimum atomic E-state index is -0.669. The molecule has 2 saturated carbocycles. The van der Waals surface area contributed by atoms with Gasteiger partial charge < -0.3 is 5.11 Å². The summed E-state index contributed by atoms with van der Waals surface area (Å²) >= 11 is 0. The number of carboxylic acid groups (broad SMARTS) is 1. The standard InChI is InChI=1S/C8H11N3O2/c9-11-10-5-1-4(2-5)6-3-7(6)8(12)13/h4-7H,1-3H2,(H,12,13). The number of carboxylic acids is 1. The van der Waals surface area contributed by atoms with Crippen LogP contribution in [-0.2, 0) is 4.79 Å². The summed E-state index contributed by atoms with van der Waals surface area (Å²) < 4.78 is 0. The molecule has 0 aromatic carbocycles. The Bertz CT molecular complexity index is 279. The van der Waals surface area contributed by atoms with Crippen LogP contribution in [0, 0.1) is 17.8 Å². The molecule has 2 rings (SSSR count). The van der Waals surface area contributed by atoms with Crippen molar-refractivity contribution in [2.45, 2.75) is 25.3 Å². The maximum atomic E-state index is 10.5. The fourth-order valence-electron chi connectivity index (χ4n) is 2.17. The molecule has 0 saturated heterocycles. The van der Waals surface area contributed by atoms with Crippen LogP contribution in [0.1, 0.15) is 19.3 Å². The van der Waals surface area contributed by atoms with E-state index in [1.807, 2.05) is 0 Å². The van der Waals surface area contributed by atoms with Crippen molar-refractivity contribution in [3.8, 4) is 0 Å². The zero-order valence-electron chi connectivity index (χ0n) is 7.13. The second kappa shape index (κ2) is 2.92. The lowest BCUT2D eigenvalue weighted by molar-refractivity contribution is -0.139. The number of nitrogens with zero attached hydrogens (tertiary/aromatic N) is 3. The average Bonchev–Trinajstić information content (AvgIpc) is 2.74. The maximum Gasteiger partial charge on any atom is 0.306 e. The Kier molecular flexibility index (Phi) is 1.88. The number of azide groups is 1. The molecule has 2 aliphatic rings. The Balaban J connectivity index is 1.77. The van der Waals surface area contributed by atoms with E-state index in [2.05, 4.69) is 10.0 Å². The fraction of sp³-hybridized carbons (Fsp3) is 0.875. The van der Waals surface area contributed by atoms with E-state index in [4.69, 9.17) is 10.6 Å². The molecule has 5 nitrogen and oxygen atoms in total. The van der Waals surface area contributed by atoms with Gasteiger partial charge in [-0.25, -0.2) is 0 Å². The smallest absolute Gasteiger partial charge is 0.306 e. The van der Waals surface area contributed by atoms with Crippen molar-refractivity contribution < 1.29 is 9.90 Å². The van der Waals surface area contributed by atoms with Gasteiger partial charge in [0.1, 0.15) is 0 Å². The maximum absolute atomic E-state index is 10.5. The lowest BCUT2D eigenvalue weighted by atomic mass is 9.77. The van der Waals surface area contributed by atoms with E-state index in [0.29, 0.717) is 11.8 Å². The highest BCUT2D eigenvalue weighted by atomic mass is 16.4. The van der Waals surface area contributed by atoms with E-state index in [0.717, 1.165) is 19.3 Å². The van der Waals surface area contributed by atoms with Crippen molar-refractivity contribution >= 4 is 5.97 Å². The van der Waals surface area contributed by atoms with E-state index >= 15 is 0 Å². The normalized spacial score (nSPS) is 41.5. The molecule has 0 heterocycles. The van der Waals surface area contributed by atoms with Crippen LogP contribution in [-0.4, -0.2) is 17.1 Å². The zero-order chi connectivity index (χ0) is 9.42. The molecule has 0 aromatic rings. The summed E-state index contributed by atoms with van der Waals surface area (Å²) in [7, 11) is 0. The van der Waals surface area contributed by atoms with Gasteiger partial charge in [-0.1, -0.05) is 5.11 Å². The number of aliphatic carboxylic acids is 1. The van der Waals surface area contributed by atoms with Crippen LogP contribution in [0.15, 0.2) is 5.11 Å². The van der Waals surface area contributed by atoms with Gasteiger partial charge in [0.05, 0.1) is 5.92 Å². The molecule has 70 valence electrons. The molecule has 0 aromatic heterocycles. The first kappa shape index (κ1) is 8.38. The summed E-state index contributed by atoms with van der Waals surface area (Å²) in [6, 6.07) is 0.130. The predicted molar refractivity (Wildman–Crippen MR) is 44.9 cm³/mol. The quantitative estimate of drug-likeness (QED) is 0.408. The van der Waals surface area contributed by atoms with Crippen molar-refractivity contribution in [3.05, 3.63) is 10.4 Å². The molecule has 2 fully saturated rings. The van der Waals surface area contributed by atoms with Crippen molar-refractivity contribution in [2.24, 2.45) is 22.9 Å². The van der Waals surface area contributed by atoms with Gasteiger partial charge in [-0.05, 0) is 36.6 Å². The first-order valence-electron chi connectivity index (χ1n) is 4.49. The van der Waals surface area contributed by atoms with Crippen LogP contribution in [0.4, 0.5) is 0 Å². The number of rotatable bonds is 3. The minimum Gasteiger partial charge on any atom is -0.481 e. The van der Waals surface area contributed by atoms with E-state index in [1.165, 1.54) is 0 Å². The van der Waals surface area contributed by atoms with Crippen LogP contribution < -0.4 is 0 Å². The van der Waals surface area contributed by atoms with Crippen LogP contribution in [0.3, 0.4) is 0 Å². The van der Waals surface area contributed by atoms with Crippen molar-refractivity contribution in [1.82, 2.24) is 0 Å². The van der Waals surface area contributed by atoms with E-state index < -0.39 is 5.97 Å². The highest BCUT2D eigenvalue weighted by Crippen LogP contribution is 2.52. The van der Waals surface area contributed by atoms with Crippen LogP contribution >= 0.6 is 0 Å². The van der Waals surface area contributed by atoms with Gasteiger partial charge in [-0.2, -0.15) is 0 Å². The Morgan fingerprint density at radius 3 is 2.62 bits per heavy atom. The highest BCUT2D eigenvalue weighted by Gasteiger charge is 2.51. The van der Waals surface area contributed by atoms with Crippen LogP contribution in [0.5, 0.6) is 0 Å². The summed E-state index contributed by atoms with van der Waals surface area (Å²) in [6.07, 6.45) is 2.60. The molecule has 13 heavy (non-hydrogen) atoms. The average molecular weight is 181 g/mol. The largest absolute Gasteiger partial charge is 0.481 e. The Labute approximate surface area is 75.4 Å². The number of carbonyl (C=O) groups is 1. The third kappa shape index (κ3) is 1.47. The van der Waals surface area contributed by atoms with E-state index in [1.54, 1.807) is 0 Å². The van der Waals surface area contributed by atoms with Gasteiger partial charge in [0.2, 0.25) is 0 Å². The van der Waals surface area contributed by atoms with Crippen LogP contribution in [0.25, 0.3) is 10.4 Å². The van der Waals surface area contributed by atoms with Gasteiger partial charge >= 0.3 is 5.97 Å². The van der Waals surface area contributed by atoms with Gasteiger partial charge in [-0.15, -0.1) is 0 Å². The highest BCUT2D eigenvalue weighted by molar-refractivity contribution is 5.73. The topological polar surface area (TPSA) is 86.1 Å². The molecule has 2 aliphatic carbocycles. The molecule has 2 atom stereocenters. The monoisotopic (exact) mass is 181 g/mol. The molecule has 0 amide bonds. The third-order valence-electron chi connectivity index (χ3n) is 3.13. The van der Waals surface area contributed by atoms with Crippen LogP contribution in [0.2, 0.25) is 0 Å². The second-order valence-corrected chi connectivity index (χ2v) is 3.93. The van der Waals surface area contributed by atoms with Crippen molar-refractivity contribution in [1.29, 1.82) is 0 Å². The van der Waals surface area contributed by atoms with Gasteiger partial charge in [-0.3, -0.25) is 4.79 Å². The van der Waals surface area contributed by atoms with Crippen molar-refractivity contribution in [2.75, 3.05) is 0 Å². The molecule has 0 aliphatic heterocycles. The molecule has 0 bridgehead atoms. The first-order valence-corrected chi connectivity index (χ1v) is 4.49. The van der Waals surface area contributed by atoms with Gasteiger partial charge in [0.25, 0.3) is 0 Å². The van der Waals surface area contributed by atoms with E-state index in [9.17, 15) is 4.79 Å². The molecule has 0 radical (unpaired) electrons. The first-order chi connectivity index (χ1) is 6.22. The molecular formula is C8H11N3O2. The molecule has 5 heteroatoms. The van der Waals surface area contributed by atoms with Gasteiger partial charge in [0.15, 0.2) is 0 Å². The summed E-state index contributed by atoms with van der Waals surface area (Å²) in [5, 5.41) is 12.3. The third-order valence-corrected chi connectivity index (χ3v) is 3.13. The fourth-order valence-corrected chi connectivity index (χ4v) is 2.17. The Morgan fingerprint density at radius 2 is 2.15 bits per heavy atom. The van der Waals surface area contributed by atoms with Crippen molar-refractivity contribution in [3.63, 3.8) is 0 Å². The summed E-state index contributed by atoms with van der Waals surface area (Å²) in [5.74, 6) is 0.0773. The summed E-state index contributed by atoms with van der Waals surface area (Å²) in [4.78, 5) is 13.3. The molecular weight excluding hydrogens is 170 g/mol. The molecule has 1 N–H and O–H groups in total.